The molecule has 8 heteroatoms. The number of hydrogen-bond acceptors (Lipinski definition) is 5. The van der Waals surface area contributed by atoms with Crippen molar-refractivity contribution in [1.29, 1.82) is 0 Å². The van der Waals surface area contributed by atoms with Crippen molar-refractivity contribution >= 4 is 23.6 Å². The summed E-state index contributed by atoms with van der Waals surface area (Å²) in [4.78, 5) is 57.0. The first-order chi connectivity index (χ1) is 13.5. The van der Waals surface area contributed by atoms with E-state index in [0.29, 0.717) is 32.7 Å². The maximum Gasteiger partial charge on any atom is 0.242 e. The highest BCUT2D eigenvalue weighted by Gasteiger charge is 2.48. The molecule has 0 spiro atoms. The van der Waals surface area contributed by atoms with E-state index in [1.165, 1.54) is 4.90 Å². The van der Waals surface area contributed by atoms with E-state index in [2.05, 4.69) is 4.90 Å². The average molecular weight is 390 g/mol. The lowest BCUT2D eigenvalue weighted by Gasteiger charge is -2.35. The van der Waals surface area contributed by atoms with Gasteiger partial charge in [-0.15, -0.1) is 0 Å². The Kier molecular flexibility index (Phi) is 5.66. The van der Waals surface area contributed by atoms with E-state index in [1.54, 1.807) is 4.90 Å². The number of likely N-dealkylation sites (tertiary alicyclic amines) is 2. The molecule has 4 amide bonds. The summed E-state index contributed by atoms with van der Waals surface area (Å²) >= 11 is 0. The van der Waals surface area contributed by atoms with Crippen LogP contribution in [0.5, 0.6) is 0 Å². The van der Waals surface area contributed by atoms with Gasteiger partial charge in [0.25, 0.3) is 0 Å². The molecule has 0 aromatic rings. The monoisotopic (exact) mass is 390 g/mol. The number of fused-ring (bicyclic) bond motifs is 1. The summed E-state index contributed by atoms with van der Waals surface area (Å²) in [5, 5.41) is 0. The summed E-state index contributed by atoms with van der Waals surface area (Å²) < 4.78 is 0. The number of carbonyl (C=O) groups is 4. The highest BCUT2D eigenvalue weighted by molar-refractivity contribution is 6.07. The molecule has 1 aliphatic carbocycles. The van der Waals surface area contributed by atoms with Gasteiger partial charge in [-0.25, -0.2) is 0 Å². The number of imide groups is 1. The van der Waals surface area contributed by atoms with Crippen molar-refractivity contribution in [2.24, 2.45) is 11.8 Å². The summed E-state index contributed by atoms with van der Waals surface area (Å²) in [7, 11) is 0. The molecule has 3 aliphatic heterocycles. The van der Waals surface area contributed by atoms with Crippen molar-refractivity contribution in [1.82, 2.24) is 19.6 Å². The second-order valence-electron chi connectivity index (χ2n) is 8.50. The topological polar surface area (TPSA) is 81.2 Å². The van der Waals surface area contributed by atoms with Gasteiger partial charge in [-0.3, -0.25) is 29.0 Å². The zero-order chi connectivity index (χ0) is 19.7. The van der Waals surface area contributed by atoms with Gasteiger partial charge in [0.2, 0.25) is 23.6 Å². The Morgan fingerprint density at radius 3 is 1.75 bits per heavy atom. The molecule has 1 saturated carbocycles. The van der Waals surface area contributed by atoms with Gasteiger partial charge in [0, 0.05) is 39.3 Å². The van der Waals surface area contributed by atoms with Gasteiger partial charge in [-0.2, -0.15) is 0 Å². The first-order valence-corrected chi connectivity index (χ1v) is 10.7. The van der Waals surface area contributed by atoms with Crippen LogP contribution in [0.15, 0.2) is 0 Å². The van der Waals surface area contributed by atoms with Crippen molar-refractivity contribution < 1.29 is 19.2 Å². The minimum absolute atomic E-state index is 0.128. The first kappa shape index (κ1) is 19.4. The van der Waals surface area contributed by atoms with E-state index in [-0.39, 0.29) is 42.0 Å². The van der Waals surface area contributed by atoms with E-state index in [1.807, 2.05) is 4.90 Å². The third-order valence-electron chi connectivity index (χ3n) is 6.77. The zero-order valence-corrected chi connectivity index (χ0v) is 16.5. The van der Waals surface area contributed by atoms with E-state index >= 15 is 0 Å². The van der Waals surface area contributed by atoms with Crippen LogP contribution in [0.2, 0.25) is 0 Å². The summed E-state index contributed by atoms with van der Waals surface area (Å²) in [5.74, 6) is -0.709. The zero-order valence-electron chi connectivity index (χ0n) is 16.5. The molecule has 0 aromatic heterocycles. The molecular weight excluding hydrogens is 360 g/mol. The molecule has 2 unspecified atom stereocenters. The molecule has 4 aliphatic rings. The molecular formula is C20H30N4O4. The van der Waals surface area contributed by atoms with Crippen LogP contribution in [0, 0.1) is 11.8 Å². The van der Waals surface area contributed by atoms with Crippen LogP contribution in [-0.2, 0) is 19.2 Å². The summed E-state index contributed by atoms with van der Waals surface area (Å²) in [5.41, 5.74) is 0. The first-order valence-electron chi connectivity index (χ1n) is 10.7. The molecule has 4 fully saturated rings. The second kappa shape index (κ2) is 8.19. The maximum atomic E-state index is 12.7. The van der Waals surface area contributed by atoms with Gasteiger partial charge in [0.1, 0.15) is 6.54 Å². The predicted octanol–water partition coefficient (Wildman–Crippen LogP) is -0.0718. The van der Waals surface area contributed by atoms with Gasteiger partial charge in [-0.05, 0) is 25.7 Å². The molecule has 0 bridgehead atoms. The quantitative estimate of drug-likeness (QED) is 0.628. The van der Waals surface area contributed by atoms with Crippen molar-refractivity contribution in [3.05, 3.63) is 0 Å². The molecule has 8 nitrogen and oxygen atoms in total. The Labute approximate surface area is 165 Å². The fourth-order valence-electron chi connectivity index (χ4n) is 5.04. The Hall–Kier alpha value is -1.96. The Morgan fingerprint density at radius 1 is 0.679 bits per heavy atom. The maximum absolute atomic E-state index is 12.7. The molecule has 28 heavy (non-hydrogen) atoms. The Balaban J connectivity index is 1.25. The van der Waals surface area contributed by atoms with Gasteiger partial charge < -0.3 is 9.80 Å². The summed E-state index contributed by atoms with van der Waals surface area (Å²) in [6.07, 6.45) is 5.68. The average Bonchev–Trinajstić information content (AvgIpc) is 3.33. The van der Waals surface area contributed by atoms with Crippen molar-refractivity contribution in [2.45, 2.75) is 38.5 Å². The van der Waals surface area contributed by atoms with Gasteiger partial charge in [0.05, 0.1) is 18.4 Å². The lowest BCUT2D eigenvalue weighted by molar-refractivity contribution is -0.147. The SMILES string of the molecule is O=C(CN1CCN(C(=O)CN2C(=O)C3CCCCC3C2=O)CC1)N1CCCC1. The van der Waals surface area contributed by atoms with Crippen LogP contribution in [0.1, 0.15) is 38.5 Å². The second-order valence-corrected chi connectivity index (χ2v) is 8.50. The number of hydrogen-bond donors (Lipinski definition) is 0. The largest absolute Gasteiger partial charge is 0.342 e. The number of rotatable bonds is 4. The van der Waals surface area contributed by atoms with E-state index < -0.39 is 0 Å². The summed E-state index contributed by atoms with van der Waals surface area (Å²) in [6.45, 7) is 4.38. The van der Waals surface area contributed by atoms with Crippen LogP contribution in [0.25, 0.3) is 0 Å². The third kappa shape index (κ3) is 3.79. The van der Waals surface area contributed by atoms with Crippen LogP contribution in [0.4, 0.5) is 0 Å². The molecule has 4 rings (SSSR count). The standard InChI is InChI=1S/C20H30N4O4/c25-17(22-7-3-4-8-22)13-21-9-11-23(12-10-21)18(26)14-24-19(27)15-5-1-2-6-16(15)20(24)28/h15-16H,1-14H2. The smallest absolute Gasteiger partial charge is 0.242 e. The number of nitrogens with zero attached hydrogens (tertiary/aromatic N) is 4. The molecule has 3 saturated heterocycles. The van der Waals surface area contributed by atoms with Gasteiger partial charge >= 0.3 is 0 Å². The Bertz CT molecular complexity index is 629. The van der Waals surface area contributed by atoms with Crippen LogP contribution in [-0.4, -0.2) is 95.6 Å². The normalized spacial score (nSPS) is 28.8. The van der Waals surface area contributed by atoms with Crippen LogP contribution < -0.4 is 0 Å². The van der Waals surface area contributed by atoms with Crippen LogP contribution in [0.3, 0.4) is 0 Å². The fraction of sp³-hybridized carbons (Fsp3) is 0.800. The van der Waals surface area contributed by atoms with Gasteiger partial charge in [0.15, 0.2) is 0 Å². The van der Waals surface area contributed by atoms with Crippen molar-refractivity contribution in [2.75, 3.05) is 52.4 Å². The predicted molar refractivity (Wildman–Crippen MR) is 101 cm³/mol. The fourth-order valence-corrected chi connectivity index (χ4v) is 5.04. The molecule has 0 N–H and O–H groups in total. The highest BCUT2D eigenvalue weighted by atomic mass is 16.2. The minimum Gasteiger partial charge on any atom is -0.342 e. The van der Waals surface area contributed by atoms with Crippen molar-refractivity contribution in [3.8, 4) is 0 Å². The third-order valence-corrected chi connectivity index (χ3v) is 6.77. The molecule has 2 atom stereocenters. The lowest BCUT2D eigenvalue weighted by Crippen LogP contribution is -2.53. The lowest BCUT2D eigenvalue weighted by atomic mass is 9.81. The van der Waals surface area contributed by atoms with Crippen LogP contribution >= 0.6 is 0 Å². The van der Waals surface area contributed by atoms with E-state index in [4.69, 9.17) is 0 Å². The van der Waals surface area contributed by atoms with Crippen molar-refractivity contribution in [3.63, 3.8) is 0 Å². The summed E-state index contributed by atoms with van der Waals surface area (Å²) in [6, 6.07) is 0. The number of carbonyl (C=O) groups excluding carboxylic acids is 4. The number of piperazine rings is 1. The molecule has 3 heterocycles. The minimum atomic E-state index is -0.206. The van der Waals surface area contributed by atoms with E-state index in [0.717, 1.165) is 51.6 Å². The highest BCUT2D eigenvalue weighted by Crippen LogP contribution is 2.37. The molecule has 0 radical (unpaired) electrons. The van der Waals surface area contributed by atoms with E-state index in [9.17, 15) is 19.2 Å². The number of amides is 4. The Morgan fingerprint density at radius 2 is 1.18 bits per heavy atom. The van der Waals surface area contributed by atoms with Gasteiger partial charge in [-0.1, -0.05) is 12.8 Å². The molecule has 154 valence electrons. The molecule has 0 aromatic carbocycles.